The van der Waals surface area contributed by atoms with Crippen LogP contribution in [0, 0.1) is 6.92 Å². The topological polar surface area (TPSA) is 108 Å². The van der Waals surface area contributed by atoms with Gasteiger partial charge in [0.15, 0.2) is 0 Å². The van der Waals surface area contributed by atoms with Crippen LogP contribution in [0.25, 0.3) is 0 Å². The molecule has 0 spiro atoms. The molecule has 1 aliphatic heterocycles. The first kappa shape index (κ1) is 21.5. The van der Waals surface area contributed by atoms with Gasteiger partial charge in [0.1, 0.15) is 12.1 Å². The zero-order valence-corrected chi connectivity index (χ0v) is 18.1. The number of benzene rings is 2. The van der Waals surface area contributed by atoms with E-state index in [4.69, 9.17) is 0 Å². The van der Waals surface area contributed by atoms with Gasteiger partial charge in [0.05, 0.1) is 6.54 Å². The molecule has 156 valence electrons. The Bertz CT molecular complexity index is 1010. The van der Waals surface area contributed by atoms with Crippen molar-refractivity contribution in [1.29, 1.82) is 0 Å². The number of hydrogen-bond donors (Lipinski definition) is 3. The van der Waals surface area contributed by atoms with E-state index in [-0.39, 0.29) is 6.54 Å². The van der Waals surface area contributed by atoms with Gasteiger partial charge in [0, 0.05) is 10.2 Å². The maximum Gasteiger partial charge on any atom is 0.325 e. The van der Waals surface area contributed by atoms with E-state index in [2.05, 4.69) is 31.9 Å². The number of carbonyl (C=O) groups is 4. The molecule has 0 unspecified atom stereocenters. The van der Waals surface area contributed by atoms with Gasteiger partial charge in [-0.2, -0.15) is 0 Å². The van der Waals surface area contributed by atoms with Crippen LogP contribution in [0.3, 0.4) is 0 Å². The van der Waals surface area contributed by atoms with Crippen LogP contribution in [0.4, 0.5) is 10.5 Å². The van der Waals surface area contributed by atoms with Crippen molar-refractivity contribution >= 4 is 45.4 Å². The average molecular weight is 473 g/mol. The van der Waals surface area contributed by atoms with Crippen LogP contribution >= 0.6 is 15.9 Å². The van der Waals surface area contributed by atoms with Crippen molar-refractivity contribution in [3.05, 3.63) is 64.1 Å². The molecule has 2 aromatic rings. The van der Waals surface area contributed by atoms with E-state index in [1.165, 1.54) is 0 Å². The predicted molar refractivity (Wildman–Crippen MR) is 115 cm³/mol. The predicted octanol–water partition coefficient (Wildman–Crippen LogP) is 2.28. The molecule has 9 heteroatoms. The molecule has 8 nitrogen and oxygen atoms in total. The Balaban J connectivity index is 1.56. The molecule has 1 fully saturated rings. The SMILES string of the molecule is Cc1cc(Br)ccc1NC(=O)CNC(=O)CN1C(=O)N[C@](C)(c2ccccc2)C1=O. The summed E-state index contributed by atoms with van der Waals surface area (Å²) in [7, 11) is 0. The summed E-state index contributed by atoms with van der Waals surface area (Å²) in [5.74, 6) is -1.55. The van der Waals surface area contributed by atoms with E-state index in [9.17, 15) is 19.2 Å². The molecule has 1 atom stereocenters. The zero-order chi connectivity index (χ0) is 21.9. The molecule has 0 aromatic heterocycles. The summed E-state index contributed by atoms with van der Waals surface area (Å²) >= 11 is 3.35. The summed E-state index contributed by atoms with van der Waals surface area (Å²) in [4.78, 5) is 50.3. The number of nitrogens with one attached hydrogen (secondary N) is 3. The van der Waals surface area contributed by atoms with Gasteiger partial charge in [-0.25, -0.2) is 4.79 Å². The fourth-order valence-electron chi connectivity index (χ4n) is 3.15. The van der Waals surface area contributed by atoms with Crippen molar-refractivity contribution in [2.24, 2.45) is 0 Å². The van der Waals surface area contributed by atoms with E-state index in [0.717, 1.165) is 14.9 Å². The number of nitrogens with zero attached hydrogens (tertiary/aromatic N) is 1. The van der Waals surface area contributed by atoms with Crippen LogP contribution in [0.2, 0.25) is 0 Å². The van der Waals surface area contributed by atoms with Crippen molar-refractivity contribution in [2.45, 2.75) is 19.4 Å². The lowest BCUT2D eigenvalue weighted by molar-refractivity contribution is -0.135. The highest BCUT2D eigenvalue weighted by molar-refractivity contribution is 9.10. The molecule has 30 heavy (non-hydrogen) atoms. The van der Waals surface area contributed by atoms with Gasteiger partial charge in [0.25, 0.3) is 5.91 Å². The molecule has 5 amide bonds. The van der Waals surface area contributed by atoms with Gasteiger partial charge in [-0.3, -0.25) is 19.3 Å². The number of rotatable bonds is 6. The Morgan fingerprint density at radius 2 is 1.80 bits per heavy atom. The molecule has 0 saturated carbocycles. The summed E-state index contributed by atoms with van der Waals surface area (Å²) in [6, 6.07) is 13.5. The van der Waals surface area contributed by atoms with Crippen molar-refractivity contribution in [2.75, 3.05) is 18.4 Å². The standard InChI is InChI=1S/C21H21BrN4O4/c1-13-10-15(22)8-9-16(13)24-17(27)11-23-18(28)12-26-19(29)21(2,25-20(26)30)14-6-4-3-5-7-14/h3-10H,11-12H2,1-2H3,(H,23,28)(H,24,27)(H,25,30)/t21-/m1/s1. The van der Waals surface area contributed by atoms with E-state index in [0.29, 0.717) is 11.3 Å². The summed E-state index contributed by atoms with van der Waals surface area (Å²) in [6.45, 7) is 2.68. The molecule has 1 saturated heterocycles. The molecule has 3 rings (SSSR count). The second-order valence-corrected chi connectivity index (χ2v) is 8.01. The quantitative estimate of drug-likeness (QED) is 0.560. The molecule has 2 aromatic carbocycles. The van der Waals surface area contributed by atoms with Gasteiger partial charge >= 0.3 is 6.03 Å². The Kier molecular flexibility index (Phi) is 6.21. The van der Waals surface area contributed by atoms with Gasteiger partial charge in [0.2, 0.25) is 11.8 Å². The highest BCUT2D eigenvalue weighted by Gasteiger charge is 2.49. The first-order valence-electron chi connectivity index (χ1n) is 9.23. The Morgan fingerprint density at radius 3 is 2.47 bits per heavy atom. The van der Waals surface area contributed by atoms with Crippen LogP contribution < -0.4 is 16.0 Å². The lowest BCUT2D eigenvalue weighted by atomic mass is 9.92. The number of hydrogen-bond acceptors (Lipinski definition) is 4. The van der Waals surface area contributed by atoms with E-state index < -0.39 is 35.8 Å². The van der Waals surface area contributed by atoms with Gasteiger partial charge in [-0.1, -0.05) is 46.3 Å². The largest absolute Gasteiger partial charge is 0.345 e. The second-order valence-electron chi connectivity index (χ2n) is 7.10. The van der Waals surface area contributed by atoms with Crippen LogP contribution in [-0.4, -0.2) is 41.7 Å². The second kappa shape index (κ2) is 8.66. The lowest BCUT2D eigenvalue weighted by Gasteiger charge is -2.22. The highest BCUT2D eigenvalue weighted by Crippen LogP contribution is 2.28. The number of amides is 5. The van der Waals surface area contributed by atoms with Gasteiger partial charge < -0.3 is 16.0 Å². The van der Waals surface area contributed by atoms with Crippen LogP contribution in [0.1, 0.15) is 18.1 Å². The fourth-order valence-corrected chi connectivity index (χ4v) is 3.62. The van der Waals surface area contributed by atoms with Gasteiger partial charge in [-0.15, -0.1) is 0 Å². The maximum atomic E-state index is 12.8. The van der Waals surface area contributed by atoms with Crippen LogP contribution in [0.15, 0.2) is 53.0 Å². The summed E-state index contributed by atoms with van der Waals surface area (Å²) in [6.07, 6.45) is 0. The fraction of sp³-hybridized carbons (Fsp3) is 0.238. The lowest BCUT2D eigenvalue weighted by Crippen LogP contribution is -2.44. The minimum atomic E-state index is -1.24. The first-order valence-corrected chi connectivity index (χ1v) is 10.0. The minimum absolute atomic E-state index is 0.284. The third kappa shape index (κ3) is 4.51. The molecule has 0 radical (unpaired) electrons. The van der Waals surface area contributed by atoms with E-state index >= 15 is 0 Å². The molecule has 1 aliphatic rings. The minimum Gasteiger partial charge on any atom is -0.345 e. The summed E-state index contributed by atoms with van der Waals surface area (Å²) < 4.78 is 0.891. The van der Waals surface area contributed by atoms with E-state index in [1.54, 1.807) is 49.4 Å². The Hall–Kier alpha value is -3.20. The zero-order valence-electron chi connectivity index (χ0n) is 16.5. The molecular weight excluding hydrogens is 452 g/mol. The number of urea groups is 1. The maximum absolute atomic E-state index is 12.8. The smallest absolute Gasteiger partial charge is 0.325 e. The number of anilines is 1. The van der Waals surface area contributed by atoms with Crippen LogP contribution in [0.5, 0.6) is 0 Å². The number of imide groups is 1. The van der Waals surface area contributed by atoms with Gasteiger partial charge in [-0.05, 0) is 43.2 Å². The first-order chi connectivity index (χ1) is 14.2. The van der Waals surface area contributed by atoms with Crippen molar-refractivity contribution < 1.29 is 19.2 Å². The third-order valence-corrected chi connectivity index (χ3v) is 5.33. The third-order valence-electron chi connectivity index (χ3n) is 4.84. The molecule has 1 heterocycles. The molecule has 3 N–H and O–H groups in total. The average Bonchev–Trinajstić information content (AvgIpc) is 2.93. The summed E-state index contributed by atoms with van der Waals surface area (Å²) in [5.41, 5.74) is 0.874. The monoisotopic (exact) mass is 472 g/mol. The number of aryl methyl sites for hydroxylation is 1. The molecule has 0 bridgehead atoms. The Morgan fingerprint density at radius 1 is 1.10 bits per heavy atom. The normalized spacial score (nSPS) is 18.2. The Labute approximate surface area is 182 Å². The number of carbonyl (C=O) groups excluding carboxylic acids is 4. The van der Waals surface area contributed by atoms with Crippen molar-refractivity contribution in [3.8, 4) is 0 Å². The van der Waals surface area contributed by atoms with Crippen molar-refractivity contribution in [1.82, 2.24) is 15.5 Å². The summed E-state index contributed by atoms with van der Waals surface area (Å²) in [5, 5.41) is 7.77. The molecule has 0 aliphatic carbocycles. The van der Waals surface area contributed by atoms with E-state index in [1.807, 2.05) is 13.0 Å². The van der Waals surface area contributed by atoms with Crippen LogP contribution in [-0.2, 0) is 19.9 Å². The highest BCUT2D eigenvalue weighted by atomic mass is 79.9. The van der Waals surface area contributed by atoms with Crippen molar-refractivity contribution in [3.63, 3.8) is 0 Å². The number of halogens is 1. The molecular formula is C21H21BrN4O4.